The van der Waals surface area contributed by atoms with E-state index in [1.165, 1.54) is 0 Å². The van der Waals surface area contributed by atoms with Gasteiger partial charge < -0.3 is 24.4 Å². The summed E-state index contributed by atoms with van der Waals surface area (Å²) < 4.78 is 11.2. The van der Waals surface area contributed by atoms with Crippen LogP contribution < -0.4 is 9.64 Å². The van der Waals surface area contributed by atoms with Gasteiger partial charge in [-0.3, -0.25) is 0 Å². The van der Waals surface area contributed by atoms with Crippen LogP contribution in [0.25, 0.3) is 0 Å². The Labute approximate surface area is 182 Å². The molecule has 2 aliphatic heterocycles. The smallest absolute Gasteiger partial charge is 0.410 e. The van der Waals surface area contributed by atoms with E-state index in [0.29, 0.717) is 37.6 Å². The number of carbonyl (C=O) groups is 1. The molecule has 0 aliphatic carbocycles. The predicted molar refractivity (Wildman–Crippen MR) is 116 cm³/mol. The highest BCUT2D eigenvalue weighted by Gasteiger charge is 2.47. The van der Waals surface area contributed by atoms with Crippen molar-refractivity contribution in [3.8, 4) is 5.75 Å². The summed E-state index contributed by atoms with van der Waals surface area (Å²) >= 11 is 0. The topological polar surface area (TPSA) is 88.0 Å². The molecule has 1 N–H and O–H groups in total. The van der Waals surface area contributed by atoms with Crippen molar-refractivity contribution >= 4 is 12.0 Å². The molecule has 0 radical (unpaired) electrons. The molecule has 3 heterocycles. The number of aliphatic hydroxyl groups is 1. The fourth-order valence-electron chi connectivity index (χ4n) is 4.63. The molecule has 8 heteroatoms. The Morgan fingerprint density at radius 2 is 1.94 bits per heavy atom. The Bertz CT molecular complexity index is 900. The molecule has 1 aromatic carbocycles. The van der Waals surface area contributed by atoms with E-state index in [2.05, 4.69) is 14.9 Å². The van der Waals surface area contributed by atoms with Crippen LogP contribution in [0.5, 0.6) is 5.75 Å². The fourth-order valence-corrected chi connectivity index (χ4v) is 4.63. The lowest BCUT2D eigenvalue weighted by Gasteiger charge is -2.45. The van der Waals surface area contributed by atoms with E-state index in [0.717, 1.165) is 18.5 Å². The van der Waals surface area contributed by atoms with Gasteiger partial charge in [0.1, 0.15) is 5.60 Å². The first-order chi connectivity index (χ1) is 14.8. The van der Waals surface area contributed by atoms with Crippen LogP contribution in [-0.4, -0.2) is 64.5 Å². The van der Waals surface area contributed by atoms with Gasteiger partial charge >= 0.3 is 6.09 Å². The zero-order valence-electron chi connectivity index (χ0n) is 18.3. The van der Waals surface area contributed by atoms with E-state index < -0.39 is 11.2 Å². The summed E-state index contributed by atoms with van der Waals surface area (Å²) in [5, 5.41) is 10.5. The molecule has 2 saturated heterocycles. The summed E-state index contributed by atoms with van der Waals surface area (Å²) in [5.41, 5.74) is -0.872. The van der Waals surface area contributed by atoms with Crippen LogP contribution in [0.1, 0.15) is 38.7 Å². The van der Waals surface area contributed by atoms with Gasteiger partial charge in [0.15, 0.2) is 5.75 Å². The zero-order valence-corrected chi connectivity index (χ0v) is 18.3. The Morgan fingerprint density at radius 1 is 1.23 bits per heavy atom. The van der Waals surface area contributed by atoms with Crippen molar-refractivity contribution in [2.45, 2.75) is 50.4 Å². The normalized spacial score (nSPS) is 24.3. The third-order valence-electron chi connectivity index (χ3n) is 6.03. The van der Waals surface area contributed by atoms with Crippen molar-refractivity contribution in [3.05, 3.63) is 48.3 Å². The van der Waals surface area contributed by atoms with Gasteiger partial charge in [-0.25, -0.2) is 14.8 Å². The highest BCUT2D eigenvalue weighted by atomic mass is 16.6. The van der Waals surface area contributed by atoms with E-state index in [9.17, 15) is 9.90 Å². The first-order valence-corrected chi connectivity index (χ1v) is 10.7. The lowest BCUT2D eigenvalue weighted by atomic mass is 9.80. The van der Waals surface area contributed by atoms with Crippen LogP contribution in [0.3, 0.4) is 0 Å². The van der Waals surface area contributed by atoms with Gasteiger partial charge in [0.25, 0.3) is 0 Å². The van der Waals surface area contributed by atoms with E-state index in [1.54, 1.807) is 33.4 Å². The molecule has 2 aromatic rings. The van der Waals surface area contributed by atoms with Gasteiger partial charge in [0.2, 0.25) is 5.95 Å². The third kappa shape index (κ3) is 4.58. The van der Waals surface area contributed by atoms with Gasteiger partial charge in [-0.05, 0) is 25.8 Å². The average Bonchev–Trinajstić information content (AvgIpc) is 3.23. The summed E-state index contributed by atoms with van der Waals surface area (Å²) in [6.45, 7) is 5.51. The Hall–Kier alpha value is -2.87. The molecule has 2 aliphatic rings. The van der Waals surface area contributed by atoms with Crippen LogP contribution >= 0.6 is 0 Å². The molecule has 1 aromatic heterocycles. The summed E-state index contributed by atoms with van der Waals surface area (Å²) in [6, 6.07) is 9.78. The van der Waals surface area contributed by atoms with Crippen LogP contribution in [0.2, 0.25) is 0 Å². The molecular weight excluding hydrogens is 396 g/mol. The maximum absolute atomic E-state index is 13.1. The Kier molecular flexibility index (Phi) is 5.75. The van der Waals surface area contributed by atoms with E-state index in [4.69, 9.17) is 9.47 Å². The van der Waals surface area contributed by atoms with Gasteiger partial charge in [-0.15, -0.1) is 0 Å². The van der Waals surface area contributed by atoms with Crippen LogP contribution in [-0.2, 0) is 10.3 Å². The van der Waals surface area contributed by atoms with Gasteiger partial charge in [0, 0.05) is 32.5 Å². The number of methoxy groups -OCH3 is 1. The maximum Gasteiger partial charge on any atom is 0.410 e. The number of carbonyl (C=O) groups excluding carboxylic acids is 1. The van der Waals surface area contributed by atoms with Crippen molar-refractivity contribution in [3.63, 3.8) is 0 Å². The first-order valence-electron chi connectivity index (χ1n) is 10.7. The fraction of sp³-hybridized carbons (Fsp3) is 0.522. The molecule has 4 rings (SSSR count). The Morgan fingerprint density at radius 3 is 2.55 bits per heavy atom. The van der Waals surface area contributed by atoms with Crippen molar-refractivity contribution in [2.24, 2.45) is 0 Å². The number of anilines is 1. The number of ether oxygens (including phenoxy) is 2. The summed E-state index contributed by atoms with van der Waals surface area (Å²) in [5.74, 6) is 1.25. The summed E-state index contributed by atoms with van der Waals surface area (Å²) in [6.07, 6.45) is 4.77. The molecule has 2 fully saturated rings. The molecule has 0 spiro atoms. The highest BCUT2D eigenvalue weighted by molar-refractivity contribution is 5.70. The van der Waals surface area contributed by atoms with Gasteiger partial charge in [-0.2, -0.15) is 0 Å². The lowest BCUT2D eigenvalue weighted by molar-refractivity contribution is -0.100. The number of nitrogens with zero attached hydrogens (tertiary/aromatic N) is 4. The van der Waals surface area contributed by atoms with Crippen LogP contribution in [0, 0.1) is 0 Å². The average molecular weight is 427 g/mol. The number of cyclic esters (lactones) is 1. The minimum Gasteiger partial charge on any atom is -0.494 e. The summed E-state index contributed by atoms with van der Waals surface area (Å²) in [7, 11) is 1.58. The van der Waals surface area contributed by atoms with E-state index in [1.807, 2.05) is 35.2 Å². The minimum absolute atomic E-state index is 0.0362. The monoisotopic (exact) mass is 426 g/mol. The standard InChI is InChI=1S/C23H30N4O4/c1-22(2,29)16-23(17-7-5-4-6-8-17)10-12-27(21(28)31-23)18-9-11-26(15-18)20-24-13-19(30-3)14-25-20/h4-8,13-14,18,29H,9-12,15-16H2,1-3H3. The SMILES string of the molecule is COc1cnc(N2CCC(N3CCC(CC(C)(C)O)(c4ccccc4)OC3=O)C2)nc1. The van der Waals surface area contributed by atoms with E-state index in [-0.39, 0.29) is 12.1 Å². The zero-order chi connectivity index (χ0) is 22.1. The molecule has 2 unspecified atom stereocenters. The number of hydrogen-bond donors (Lipinski definition) is 1. The van der Waals surface area contributed by atoms with Crippen molar-refractivity contribution in [1.29, 1.82) is 0 Å². The number of benzene rings is 1. The van der Waals surface area contributed by atoms with Crippen LogP contribution in [0.15, 0.2) is 42.7 Å². The number of rotatable bonds is 6. The molecule has 8 nitrogen and oxygen atoms in total. The van der Waals surface area contributed by atoms with Crippen LogP contribution in [0.4, 0.5) is 10.7 Å². The highest BCUT2D eigenvalue weighted by Crippen LogP contribution is 2.41. The molecule has 2 atom stereocenters. The third-order valence-corrected chi connectivity index (χ3v) is 6.03. The van der Waals surface area contributed by atoms with Gasteiger partial charge in [-0.1, -0.05) is 30.3 Å². The Balaban J connectivity index is 1.47. The molecule has 0 bridgehead atoms. The second-order valence-electron chi connectivity index (χ2n) is 8.97. The quantitative estimate of drug-likeness (QED) is 0.760. The van der Waals surface area contributed by atoms with Crippen molar-refractivity contribution in [1.82, 2.24) is 14.9 Å². The molecule has 1 amide bonds. The number of aromatic nitrogens is 2. The number of amides is 1. The van der Waals surface area contributed by atoms with Gasteiger partial charge in [0.05, 0.1) is 31.1 Å². The summed E-state index contributed by atoms with van der Waals surface area (Å²) in [4.78, 5) is 25.8. The van der Waals surface area contributed by atoms with Crippen molar-refractivity contribution < 1.29 is 19.4 Å². The lowest BCUT2D eigenvalue weighted by Crippen LogP contribution is -2.54. The second kappa shape index (κ2) is 8.34. The second-order valence-corrected chi connectivity index (χ2v) is 8.97. The number of hydrogen-bond acceptors (Lipinski definition) is 7. The predicted octanol–water partition coefficient (Wildman–Crippen LogP) is 2.96. The molecular formula is C23H30N4O4. The largest absolute Gasteiger partial charge is 0.494 e. The first kappa shape index (κ1) is 21.4. The molecule has 31 heavy (non-hydrogen) atoms. The van der Waals surface area contributed by atoms with Crippen molar-refractivity contribution in [2.75, 3.05) is 31.6 Å². The molecule has 0 saturated carbocycles. The maximum atomic E-state index is 13.1. The minimum atomic E-state index is -0.964. The molecule has 166 valence electrons. The van der Waals surface area contributed by atoms with E-state index >= 15 is 0 Å².